The van der Waals surface area contributed by atoms with Crippen LogP contribution >= 0.6 is 15.9 Å². The second-order valence-corrected chi connectivity index (χ2v) is 8.29. The molecule has 1 N–H and O–H groups in total. The predicted molar refractivity (Wildman–Crippen MR) is 106 cm³/mol. The van der Waals surface area contributed by atoms with Gasteiger partial charge in [-0.05, 0) is 57.1 Å². The van der Waals surface area contributed by atoms with Crippen LogP contribution in [0, 0.1) is 6.92 Å². The van der Waals surface area contributed by atoms with Crippen LogP contribution in [0.4, 0.5) is 5.69 Å². The van der Waals surface area contributed by atoms with Crippen molar-refractivity contribution in [3.63, 3.8) is 0 Å². The number of carbonyl (C=O) groups excluding carboxylic acids is 1. The molecule has 2 aliphatic rings. The van der Waals surface area contributed by atoms with E-state index in [2.05, 4.69) is 43.0 Å². The maximum absolute atomic E-state index is 12.4. The van der Waals surface area contributed by atoms with Gasteiger partial charge in [0.05, 0.1) is 6.54 Å². The van der Waals surface area contributed by atoms with E-state index in [1.807, 2.05) is 25.1 Å². The molecule has 1 aromatic carbocycles. The Labute approximate surface area is 159 Å². The number of nitrogens with one attached hydrogen (secondary N) is 1. The lowest BCUT2D eigenvalue weighted by Gasteiger charge is -2.42. The Morgan fingerprint density at radius 1 is 1.24 bits per heavy atom. The molecule has 1 amide bonds. The van der Waals surface area contributed by atoms with Crippen LogP contribution in [0.15, 0.2) is 22.7 Å². The fourth-order valence-corrected chi connectivity index (χ4v) is 4.36. The molecule has 0 aliphatic carbocycles. The lowest BCUT2D eigenvalue weighted by Crippen LogP contribution is -2.55. The fourth-order valence-electron chi connectivity index (χ4n) is 3.88. The van der Waals surface area contributed by atoms with Crippen LogP contribution in [0.25, 0.3) is 0 Å². The van der Waals surface area contributed by atoms with Crippen LogP contribution in [-0.2, 0) is 4.79 Å². The van der Waals surface area contributed by atoms with Crippen LogP contribution in [0.5, 0.6) is 0 Å². The van der Waals surface area contributed by atoms with Crippen LogP contribution in [0.3, 0.4) is 0 Å². The van der Waals surface area contributed by atoms with Crippen LogP contribution in [0.2, 0.25) is 0 Å². The summed E-state index contributed by atoms with van der Waals surface area (Å²) in [6.45, 7) is 9.01. The molecule has 0 radical (unpaired) electrons. The van der Waals surface area contributed by atoms with Crippen LogP contribution in [-0.4, -0.2) is 79.5 Å². The number of amides is 1. The Morgan fingerprint density at radius 2 is 2.00 bits per heavy atom. The Bertz CT molecular complexity index is 601. The summed E-state index contributed by atoms with van der Waals surface area (Å²) in [5, 5.41) is 3.04. The molecule has 2 aliphatic heterocycles. The molecule has 138 valence electrons. The molecule has 1 unspecified atom stereocenters. The van der Waals surface area contributed by atoms with Crippen molar-refractivity contribution in [1.29, 1.82) is 0 Å². The third-order valence-corrected chi connectivity index (χ3v) is 5.85. The molecule has 2 saturated heterocycles. The molecule has 6 heteroatoms. The maximum Gasteiger partial charge on any atom is 0.238 e. The number of anilines is 1. The Balaban J connectivity index is 1.44. The first-order valence-electron chi connectivity index (χ1n) is 9.22. The number of hydrogen-bond donors (Lipinski definition) is 1. The molecule has 5 nitrogen and oxygen atoms in total. The quantitative estimate of drug-likeness (QED) is 0.829. The highest BCUT2D eigenvalue weighted by Gasteiger charge is 2.27. The maximum atomic E-state index is 12.4. The van der Waals surface area contributed by atoms with Gasteiger partial charge in [0.15, 0.2) is 0 Å². The number of rotatable bonds is 4. The number of piperidine rings is 1. The summed E-state index contributed by atoms with van der Waals surface area (Å²) in [7, 11) is 2.22. The molecule has 0 aromatic heterocycles. The Kier molecular flexibility index (Phi) is 6.49. The number of likely N-dealkylation sites (tertiary alicyclic amines) is 1. The largest absolute Gasteiger partial charge is 0.325 e. The van der Waals surface area contributed by atoms with Gasteiger partial charge in [0.1, 0.15) is 0 Å². The van der Waals surface area contributed by atoms with Gasteiger partial charge in [-0.1, -0.05) is 15.9 Å². The summed E-state index contributed by atoms with van der Waals surface area (Å²) in [6, 6.07) is 6.63. The monoisotopic (exact) mass is 408 g/mol. The minimum Gasteiger partial charge on any atom is -0.325 e. The average molecular weight is 409 g/mol. The summed E-state index contributed by atoms with van der Waals surface area (Å²) >= 11 is 3.46. The van der Waals surface area contributed by atoms with E-state index in [1.54, 1.807) is 0 Å². The van der Waals surface area contributed by atoms with Gasteiger partial charge >= 0.3 is 0 Å². The third kappa shape index (κ3) is 5.26. The second kappa shape index (κ2) is 8.62. The number of nitrogens with zero attached hydrogens (tertiary/aromatic N) is 3. The van der Waals surface area contributed by atoms with Gasteiger partial charge in [0.25, 0.3) is 0 Å². The number of benzene rings is 1. The van der Waals surface area contributed by atoms with E-state index >= 15 is 0 Å². The fraction of sp³-hybridized carbons (Fsp3) is 0.632. The number of likely N-dealkylation sites (N-methyl/N-ethyl adjacent to an activating group) is 1. The van der Waals surface area contributed by atoms with Crippen molar-refractivity contribution in [1.82, 2.24) is 14.7 Å². The zero-order valence-electron chi connectivity index (χ0n) is 15.3. The minimum atomic E-state index is 0.0799. The summed E-state index contributed by atoms with van der Waals surface area (Å²) in [5.41, 5.74) is 1.98. The molecule has 25 heavy (non-hydrogen) atoms. The van der Waals surface area contributed by atoms with Gasteiger partial charge in [-0.15, -0.1) is 0 Å². The number of halogens is 1. The molecule has 2 fully saturated rings. The summed E-state index contributed by atoms with van der Waals surface area (Å²) < 4.78 is 1.03. The van der Waals surface area contributed by atoms with Crippen LogP contribution < -0.4 is 5.32 Å². The highest BCUT2D eigenvalue weighted by Crippen LogP contribution is 2.20. The predicted octanol–water partition coefficient (Wildman–Crippen LogP) is 2.41. The average Bonchev–Trinajstić information content (AvgIpc) is 2.58. The van der Waals surface area contributed by atoms with E-state index in [1.165, 1.54) is 25.9 Å². The first-order chi connectivity index (χ1) is 12.0. The molecule has 3 rings (SSSR count). The van der Waals surface area contributed by atoms with E-state index in [-0.39, 0.29) is 5.91 Å². The van der Waals surface area contributed by atoms with Crippen molar-refractivity contribution < 1.29 is 4.79 Å². The lowest BCUT2D eigenvalue weighted by molar-refractivity contribution is -0.117. The van der Waals surface area contributed by atoms with Gasteiger partial charge < -0.3 is 10.2 Å². The van der Waals surface area contributed by atoms with Gasteiger partial charge in [0, 0.05) is 48.9 Å². The standard InChI is InChI=1S/C19H29BrN4O/c1-15-12-16(20)5-6-18(15)21-19(25)14-23-8-10-24(11-9-23)17-4-3-7-22(2)13-17/h5-6,12,17H,3-4,7-11,13-14H2,1-2H3,(H,21,25). The number of piperazine rings is 1. The Hall–Kier alpha value is -0.950. The topological polar surface area (TPSA) is 38.8 Å². The molecule has 1 atom stereocenters. The van der Waals surface area contributed by atoms with Gasteiger partial charge in [0.2, 0.25) is 5.91 Å². The minimum absolute atomic E-state index is 0.0799. The smallest absolute Gasteiger partial charge is 0.238 e. The normalized spacial score (nSPS) is 23.6. The van der Waals surface area contributed by atoms with Crippen molar-refractivity contribution in [3.05, 3.63) is 28.2 Å². The SMILES string of the molecule is Cc1cc(Br)ccc1NC(=O)CN1CCN(C2CCCN(C)C2)CC1. The number of hydrogen-bond acceptors (Lipinski definition) is 4. The molecule has 1 aromatic rings. The van der Waals surface area contributed by atoms with E-state index in [4.69, 9.17) is 0 Å². The first kappa shape index (κ1) is 18.8. The van der Waals surface area contributed by atoms with E-state index in [0.717, 1.165) is 41.9 Å². The highest BCUT2D eigenvalue weighted by atomic mass is 79.9. The van der Waals surface area contributed by atoms with E-state index < -0.39 is 0 Å². The summed E-state index contributed by atoms with van der Waals surface area (Å²) in [4.78, 5) is 19.7. The van der Waals surface area contributed by atoms with Crippen molar-refractivity contribution in [2.24, 2.45) is 0 Å². The van der Waals surface area contributed by atoms with Gasteiger partial charge in [-0.2, -0.15) is 0 Å². The van der Waals surface area contributed by atoms with Crippen LogP contribution in [0.1, 0.15) is 18.4 Å². The van der Waals surface area contributed by atoms with Crippen molar-refractivity contribution in [2.75, 3.05) is 58.2 Å². The Morgan fingerprint density at radius 3 is 2.68 bits per heavy atom. The molecular formula is C19H29BrN4O. The first-order valence-corrected chi connectivity index (χ1v) is 10.0. The van der Waals surface area contributed by atoms with E-state index in [9.17, 15) is 4.79 Å². The highest BCUT2D eigenvalue weighted by molar-refractivity contribution is 9.10. The van der Waals surface area contributed by atoms with Gasteiger partial charge in [-0.3, -0.25) is 14.6 Å². The zero-order valence-corrected chi connectivity index (χ0v) is 16.9. The van der Waals surface area contributed by atoms with Crippen molar-refractivity contribution in [3.8, 4) is 0 Å². The number of aryl methyl sites for hydroxylation is 1. The molecule has 0 spiro atoms. The van der Waals surface area contributed by atoms with Crippen molar-refractivity contribution in [2.45, 2.75) is 25.8 Å². The lowest BCUT2D eigenvalue weighted by atomic mass is 10.0. The molecule has 2 heterocycles. The molecule has 0 saturated carbocycles. The van der Waals surface area contributed by atoms with E-state index in [0.29, 0.717) is 12.6 Å². The zero-order chi connectivity index (χ0) is 17.8. The molecule has 0 bridgehead atoms. The second-order valence-electron chi connectivity index (χ2n) is 7.38. The summed E-state index contributed by atoms with van der Waals surface area (Å²) in [6.07, 6.45) is 2.62. The molecular weight excluding hydrogens is 380 g/mol. The summed E-state index contributed by atoms with van der Waals surface area (Å²) in [5.74, 6) is 0.0799. The third-order valence-electron chi connectivity index (χ3n) is 5.35. The number of carbonyl (C=O) groups is 1. The van der Waals surface area contributed by atoms with Gasteiger partial charge in [-0.25, -0.2) is 0 Å². The van der Waals surface area contributed by atoms with Crippen molar-refractivity contribution >= 4 is 27.5 Å².